The summed E-state index contributed by atoms with van der Waals surface area (Å²) in [4.78, 5) is 0. The molecule has 67 heavy (non-hydrogen) atoms. The van der Waals surface area contributed by atoms with Gasteiger partial charge in [0.25, 0.3) is 0 Å². The van der Waals surface area contributed by atoms with Gasteiger partial charge in [0.1, 0.15) is 0 Å². The summed E-state index contributed by atoms with van der Waals surface area (Å²) in [6.45, 7) is 56.1. The first-order valence-corrected chi connectivity index (χ1v) is 22.3. The van der Waals surface area contributed by atoms with Gasteiger partial charge in [0, 0.05) is 43.4 Å². The van der Waals surface area contributed by atoms with Crippen LogP contribution in [0.4, 0.5) is 0 Å². The molecule has 0 aromatic rings. The van der Waals surface area contributed by atoms with Gasteiger partial charge in [-0.05, 0) is 208 Å². The maximum absolute atomic E-state index is 10.1. The van der Waals surface area contributed by atoms with E-state index in [0.717, 1.165) is 0 Å². The fraction of sp³-hybridized carbons (Fsp3) is 1.00. The molecule has 0 bridgehead atoms. The van der Waals surface area contributed by atoms with Gasteiger partial charge in [-0.25, -0.2) is 0 Å². The predicted molar refractivity (Wildman–Crippen MR) is 256 cm³/mol. The number of rotatable bonds is 14. The van der Waals surface area contributed by atoms with Gasteiger partial charge in [-0.3, -0.25) is 0 Å². The molecule has 2 atom stereocenters. The van der Waals surface area contributed by atoms with Crippen LogP contribution in [0.5, 0.6) is 0 Å². The van der Waals surface area contributed by atoms with Gasteiger partial charge in [0.15, 0.2) is 0 Å². The quantitative estimate of drug-likeness (QED) is 0.0717. The zero-order valence-corrected chi connectivity index (χ0v) is 51.0. The number of hydrogen-bond acceptors (Lipinski definition) is 16. The molecular formula is C48H106O17Ti2. The fourth-order valence-corrected chi connectivity index (χ4v) is 4.20. The van der Waals surface area contributed by atoms with Gasteiger partial charge in [0.2, 0.25) is 50.3 Å². The van der Waals surface area contributed by atoms with Crippen LogP contribution < -0.4 is 0 Å². The van der Waals surface area contributed by atoms with Crippen molar-refractivity contribution in [3.63, 3.8) is 0 Å². The van der Waals surface area contributed by atoms with Gasteiger partial charge in [-0.1, -0.05) is 0 Å². The van der Waals surface area contributed by atoms with E-state index in [-0.39, 0.29) is 48.9 Å². The molecular weight excluding hydrogens is 944 g/mol. The molecule has 0 amide bonds. The third-order valence-corrected chi connectivity index (χ3v) is 5.66. The van der Waals surface area contributed by atoms with Crippen molar-refractivity contribution >= 4 is 0 Å². The van der Waals surface area contributed by atoms with Crippen molar-refractivity contribution in [2.45, 2.75) is 314 Å². The van der Waals surface area contributed by atoms with Crippen LogP contribution in [0.15, 0.2) is 0 Å². The smallest absolute Gasteiger partial charge is 0.210 e. The van der Waals surface area contributed by atoms with Crippen molar-refractivity contribution in [1.82, 2.24) is 0 Å². The summed E-state index contributed by atoms with van der Waals surface area (Å²) in [6.07, 6.45) is -9.17. The Morgan fingerprint density at radius 3 is 0.403 bits per heavy atom. The minimum absolute atomic E-state index is 0. The average molecular weight is 1050 g/mol. The van der Waals surface area contributed by atoms with Crippen LogP contribution in [-0.2, 0) is 90.8 Å². The Kier molecular flexibility index (Phi) is 39.2. The summed E-state index contributed by atoms with van der Waals surface area (Å²) in [6, 6.07) is 0. The minimum atomic E-state index is -1.63. The second-order valence-corrected chi connectivity index (χ2v) is 25.4. The van der Waals surface area contributed by atoms with Crippen LogP contribution in [0.1, 0.15) is 208 Å². The molecule has 0 saturated heterocycles. The van der Waals surface area contributed by atoms with E-state index in [4.69, 9.17) is 67.8 Å². The first-order chi connectivity index (χ1) is 27.4. The van der Waals surface area contributed by atoms with Crippen molar-refractivity contribution in [2.24, 2.45) is 0 Å². The van der Waals surface area contributed by atoms with Gasteiger partial charge in [-0.2, -0.15) is 0 Å². The third-order valence-electron chi connectivity index (χ3n) is 5.66. The van der Waals surface area contributed by atoms with Crippen molar-refractivity contribution in [3.8, 4) is 0 Å². The SMILES string of the molecule is CC(C)(C)OC(O)C(OC(C)(C)C)OC(C)(C)C.CC(C)(C)OC(O)C(OC(C)(C)C)OC(C)(C)C.CC(C)(C)OC(OC(C)(C)C)C(O)O.CC(C)(C)OC(OC(C)(C)C)C(O)O.O.[Ti].[Ti]. The molecule has 0 aromatic carbocycles. The Hall–Kier alpha value is 0.749. The summed E-state index contributed by atoms with van der Waals surface area (Å²) < 4.78 is 55.3. The minimum Gasteiger partial charge on any atom is -0.412 e. The maximum atomic E-state index is 10.1. The molecule has 0 saturated carbocycles. The zero-order valence-electron chi connectivity index (χ0n) is 47.9. The third kappa shape index (κ3) is 62.8. The van der Waals surface area contributed by atoms with Gasteiger partial charge < -0.3 is 83.5 Å². The summed E-state index contributed by atoms with van der Waals surface area (Å²) in [7, 11) is 0. The van der Waals surface area contributed by atoms with Crippen LogP contribution in [0.2, 0.25) is 0 Å². The van der Waals surface area contributed by atoms with Crippen molar-refractivity contribution < 1.29 is 127 Å². The molecule has 0 aliphatic carbocycles. The molecule has 0 fully saturated rings. The van der Waals surface area contributed by atoms with Gasteiger partial charge in [0.05, 0.1) is 56.0 Å². The molecule has 0 spiro atoms. The summed E-state index contributed by atoms with van der Waals surface area (Å²) in [5.74, 6) is 0. The topological polar surface area (TPSA) is 245 Å². The van der Waals surface area contributed by atoms with E-state index in [0.29, 0.717) is 0 Å². The Bertz CT molecular complexity index is 1040. The zero-order chi connectivity index (χ0) is 52.7. The monoisotopic (exact) mass is 1050 g/mol. The predicted octanol–water partition coefficient (Wildman–Crippen LogP) is 7.83. The second-order valence-electron chi connectivity index (χ2n) is 25.4. The molecule has 2 unspecified atom stereocenters. The van der Waals surface area contributed by atoms with E-state index < -0.39 is 106 Å². The van der Waals surface area contributed by atoms with Crippen LogP contribution in [0.3, 0.4) is 0 Å². The molecule has 0 aromatic heterocycles. The standard InChI is InChI=1S/2C14H30O4.2C10H22O4.H2O.2Ti/c2*1-12(2,3)16-10(15)11(17-13(4,5)6)18-14(7,8)9;2*1-9(2,3)13-8(7(11)12)14-10(4,5)6;;;/h2*10-11,15H,1-9H3;2*7-8,11-12H,1-6H3;1H2;;. The van der Waals surface area contributed by atoms with Crippen molar-refractivity contribution in [2.75, 3.05) is 0 Å². The normalized spacial score (nSPS) is 14.6. The first-order valence-electron chi connectivity index (χ1n) is 22.3. The maximum Gasteiger partial charge on any atom is 0.210 e. The van der Waals surface area contributed by atoms with E-state index >= 15 is 0 Å². The Morgan fingerprint density at radius 2 is 0.313 bits per heavy atom. The Balaban J connectivity index is -0.000000142. The number of aliphatic hydroxyl groups is 6. The average Bonchev–Trinajstić information content (AvgIpc) is 2.89. The van der Waals surface area contributed by atoms with E-state index in [2.05, 4.69) is 0 Å². The molecule has 0 heterocycles. The summed E-state index contributed by atoms with van der Waals surface area (Å²) >= 11 is 0. The number of aliphatic hydroxyl groups excluding tert-OH is 4. The Labute approximate surface area is 438 Å². The van der Waals surface area contributed by atoms with Crippen LogP contribution in [0.25, 0.3) is 0 Å². The molecule has 0 aliphatic heterocycles. The van der Waals surface area contributed by atoms with E-state index in [1.165, 1.54) is 0 Å². The fourth-order valence-electron chi connectivity index (χ4n) is 4.20. The van der Waals surface area contributed by atoms with Gasteiger partial charge in [-0.15, -0.1) is 0 Å². The molecule has 0 rings (SSSR count). The van der Waals surface area contributed by atoms with Gasteiger partial charge >= 0.3 is 0 Å². The molecule has 0 radical (unpaired) electrons. The summed E-state index contributed by atoms with van der Waals surface area (Å²) in [5.41, 5.74) is -4.48. The van der Waals surface area contributed by atoms with Crippen molar-refractivity contribution in [1.29, 1.82) is 0 Å². The van der Waals surface area contributed by atoms with Crippen LogP contribution in [0, 0.1) is 0 Å². The number of ether oxygens (including phenoxy) is 10. The Morgan fingerprint density at radius 1 is 0.209 bits per heavy atom. The first kappa shape index (κ1) is 81.8. The second kappa shape index (κ2) is 32.1. The number of hydrogen-bond donors (Lipinski definition) is 6. The van der Waals surface area contributed by atoms with Crippen molar-refractivity contribution in [3.05, 3.63) is 0 Å². The van der Waals surface area contributed by atoms with E-state index in [1.807, 2.05) is 208 Å². The molecule has 17 nitrogen and oxygen atoms in total. The van der Waals surface area contributed by atoms with E-state index in [1.54, 1.807) is 0 Å². The molecule has 408 valence electrons. The van der Waals surface area contributed by atoms with Crippen LogP contribution >= 0.6 is 0 Å². The molecule has 0 aliphatic rings. The molecule has 8 N–H and O–H groups in total. The van der Waals surface area contributed by atoms with E-state index in [9.17, 15) is 10.2 Å². The molecule has 19 heteroatoms. The largest absolute Gasteiger partial charge is 0.412 e. The summed E-state index contributed by atoms with van der Waals surface area (Å²) in [5, 5.41) is 56.4. The van der Waals surface area contributed by atoms with Crippen LogP contribution in [-0.4, -0.2) is 142 Å².